The molecule has 0 bridgehead atoms. The Bertz CT molecular complexity index is 1900. The van der Waals surface area contributed by atoms with Gasteiger partial charge < -0.3 is 20.7 Å². The van der Waals surface area contributed by atoms with Crippen LogP contribution in [0.4, 0.5) is 11.4 Å². The lowest BCUT2D eigenvalue weighted by molar-refractivity contribution is -0.116. The molecule has 1 unspecified atom stereocenters. The Labute approximate surface area is 293 Å². The van der Waals surface area contributed by atoms with Crippen LogP contribution < -0.4 is 20.7 Å². The minimum atomic E-state index is -0.612. The van der Waals surface area contributed by atoms with Crippen molar-refractivity contribution in [1.82, 2.24) is 5.32 Å². The molecule has 0 spiro atoms. The second kappa shape index (κ2) is 16.7. The number of hydrogen-bond acceptors (Lipinski definition) is 5. The van der Waals surface area contributed by atoms with E-state index in [-0.39, 0.29) is 11.6 Å². The Morgan fingerprint density at radius 2 is 1.46 bits per heavy atom. The van der Waals surface area contributed by atoms with Crippen molar-refractivity contribution in [2.45, 2.75) is 17.1 Å². The Hall–Kier alpha value is -5.02. The number of hydrogen-bond donors (Lipinski definition) is 3. The number of rotatable bonds is 12. The van der Waals surface area contributed by atoms with E-state index >= 15 is 0 Å². The summed E-state index contributed by atoms with van der Waals surface area (Å²) in [7, 11) is 0. The average molecular weight is 697 g/mol. The van der Waals surface area contributed by atoms with E-state index in [1.807, 2.05) is 55.5 Å². The zero-order valence-corrected chi connectivity index (χ0v) is 28.1. The maximum Gasteiger partial charge on any atom is 0.272 e. The summed E-state index contributed by atoms with van der Waals surface area (Å²) in [4.78, 5) is 40.8. The first-order valence-electron chi connectivity index (χ1n) is 15.0. The van der Waals surface area contributed by atoms with Gasteiger partial charge in [-0.1, -0.05) is 83.9 Å². The van der Waals surface area contributed by atoms with E-state index in [4.69, 9.17) is 27.9 Å². The van der Waals surface area contributed by atoms with Crippen molar-refractivity contribution in [3.8, 4) is 5.75 Å². The van der Waals surface area contributed by atoms with Gasteiger partial charge in [0.05, 0.1) is 17.3 Å². The summed E-state index contributed by atoms with van der Waals surface area (Å²) in [5.74, 6) is -0.495. The van der Waals surface area contributed by atoms with Gasteiger partial charge in [-0.05, 0) is 90.9 Å². The van der Waals surface area contributed by atoms with Gasteiger partial charge in [0.2, 0.25) is 5.91 Å². The van der Waals surface area contributed by atoms with Crippen molar-refractivity contribution in [2.24, 2.45) is 0 Å². The fourth-order valence-electron chi connectivity index (χ4n) is 4.58. The van der Waals surface area contributed by atoms with Crippen molar-refractivity contribution < 1.29 is 19.1 Å². The van der Waals surface area contributed by atoms with Gasteiger partial charge in [-0.25, -0.2) is 0 Å². The first-order chi connectivity index (χ1) is 23.3. The van der Waals surface area contributed by atoms with Gasteiger partial charge in [0.1, 0.15) is 16.7 Å². The Balaban J connectivity index is 1.33. The topological polar surface area (TPSA) is 96.5 Å². The summed E-state index contributed by atoms with van der Waals surface area (Å²) in [5.41, 5.74) is 2.90. The molecule has 0 aliphatic carbocycles. The molecule has 3 amide bonds. The average Bonchev–Trinajstić information content (AvgIpc) is 3.10. The molecule has 0 heterocycles. The van der Waals surface area contributed by atoms with Gasteiger partial charge in [0.25, 0.3) is 11.8 Å². The molecule has 48 heavy (non-hydrogen) atoms. The van der Waals surface area contributed by atoms with E-state index in [0.29, 0.717) is 44.9 Å². The molecule has 0 aromatic heterocycles. The molecule has 0 aliphatic heterocycles. The molecule has 5 aromatic rings. The van der Waals surface area contributed by atoms with Crippen LogP contribution in [-0.4, -0.2) is 24.3 Å². The first kappa shape index (κ1) is 34.3. The number of thioether (sulfide) groups is 1. The number of carbonyl (C=O) groups excluding carboxylic acids is 3. The van der Waals surface area contributed by atoms with Crippen molar-refractivity contribution in [3.63, 3.8) is 0 Å². The van der Waals surface area contributed by atoms with Crippen LogP contribution in [-0.2, 0) is 9.59 Å². The van der Waals surface area contributed by atoms with E-state index in [2.05, 4.69) is 16.0 Å². The van der Waals surface area contributed by atoms with Crippen molar-refractivity contribution in [2.75, 3.05) is 17.2 Å². The lowest BCUT2D eigenvalue weighted by Gasteiger charge is -2.18. The first-order valence-corrected chi connectivity index (χ1v) is 16.6. The molecule has 0 fully saturated rings. The van der Waals surface area contributed by atoms with Gasteiger partial charge in [0.15, 0.2) is 0 Å². The second-order valence-electron chi connectivity index (χ2n) is 10.4. The Morgan fingerprint density at radius 1 is 0.792 bits per heavy atom. The van der Waals surface area contributed by atoms with Gasteiger partial charge in [0, 0.05) is 21.2 Å². The van der Waals surface area contributed by atoms with Crippen LogP contribution in [0.15, 0.2) is 138 Å². The van der Waals surface area contributed by atoms with E-state index < -0.39 is 17.1 Å². The molecule has 3 N–H and O–H groups in total. The number of nitrogens with one attached hydrogen (secondary N) is 3. The molecule has 242 valence electrons. The lowest BCUT2D eigenvalue weighted by Crippen LogP contribution is -2.30. The minimum Gasteiger partial charge on any atom is -0.494 e. The molecule has 0 aliphatic rings. The van der Waals surface area contributed by atoms with E-state index in [9.17, 15) is 14.4 Å². The van der Waals surface area contributed by atoms with E-state index in [1.165, 1.54) is 11.8 Å². The summed E-state index contributed by atoms with van der Waals surface area (Å²) >= 11 is 13.8. The maximum atomic E-state index is 13.5. The molecular weight excluding hydrogens is 665 g/mol. The lowest BCUT2D eigenvalue weighted by atomic mass is 10.1. The smallest absolute Gasteiger partial charge is 0.272 e. The normalized spacial score (nSPS) is 11.7. The van der Waals surface area contributed by atoms with Crippen LogP contribution in [0.1, 0.15) is 33.7 Å². The third kappa shape index (κ3) is 9.51. The molecule has 0 radical (unpaired) electrons. The van der Waals surface area contributed by atoms with Crippen LogP contribution in [0.5, 0.6) is 5.75 Å². The maximum absolute atomic E-state index is 13.5. The van der Waals surface area contributed by atoms with E-state index in [1.54, 1.807) is 84.9 Å². The summed E-state index contributed by atoms with van der Waals surface area (Å²) in [6, 6.07) is 37.2. The quantitative estimate of drug-likeness (QED) is 0.0893. The van der Waals surface area contributed by atoms with Crippen molar-refractivity contribution in [1.29, 1.82) is 0 Å². The third-order valence-corrected chi connectivity index (χ3v) is 8.75. The van der Waals surface area contributed by atoms with Crippen LogP contribution >= 0.6 is 35.0 Å². The van der Waals surface area contributed by atoms with Crippen LogP contribution in [0.25, 0.3) is 6.08 Å². The summed E-state index contributed by atoms with van der Waals surface area (Å²) < 4.78 is 5.52. The van der Waals surface area contributed by atoms with Gasteiger partial charge in [-0.3, -0.25) is 14.4 Å². The SMILES string of the molecule is CCOc1ccc(/C=C(\NC(=O)c2ccccc2)C(=O)Nc2ccc(SC(C(=O)Nc3cc(Cl)ccc3Cl)c3ccccc3)cc2)cc1. The molecule has 5 rings (SSSR count). The highest BCUT2D eigenvalue weighted by Crippen LogP contribution is 2.37. The standard InChI is InChI=1S/C38H31Cl2N3O4S/c1-2-47-30-18-13-25(14-19-30)23-34(43-36(44)27-11-7-4-8-12-27)37(45)41-29-16-20-31(21-17-29)48-35(26-9-5-3-6-10-26)38(46)42-33-24-28(39)15-22-32(33)40/h3-24,35H,2H2,1H3,(H,41,45)(H,42,46)(H,43,44)/b34-23-. The number of carbonyl (C=O) groups is 3. The number of halogens is 2. The summed E-state index contributed by atoms with van der Waals surface area (Å²) in [6.07, 6.45) is 1.60. The summed E-state index contributed by atoms with van der Waals surface area (Å²) in [5, 5.41) is 8.73. The number of benzene rings is 5. The molecule has 7 nitrogen and oxygen atoms in total. The monoisotopic (exact) mass is 695 g/mol. The number of amides is 3. The van der Waals surface area contributed by atoms with Crippen molar-refractivity contribution >= 4 is 70.1 Å². The fraction of sp³-hybridized carbons (Fsp3) is 0.0789. The highest BCUT2D eigenvalue weighted by Gasteiger charge is 2.23. The van der Waals surface area contributed by atoms with Crippen LogP contribution in [0.2, 0.25) is 10.0 Å². The highest BCUT2D eigenvalue weighted by atomic mass is 35.5. The van der Waals surface area contributed by atoms with Crippen LogP contribution in [0, 0.1) is 0 Å². The molecule has 0 saturated heterocycles. The van der Waals surface area contributed by atoms with Crippen molar-refractivity contribution in [3.05, 3.63) is 160 Å². The van der Waals surface area contributed by atoms with E-state index in [0.717, 1.165) is 10.5 Å². The third-order valence-electron chi connectivity index (χ3n) is 6.92. The number of ether oxygens (including phenoxy) is 1. The zero-order valence-electron chi connectivity index (χ0n) is 25.8. The largest absolute Gasteiger partial charge is 0.494 e. The fourth-order valence-corrected chi connectivity index (χ4v) is 5.94. The molecule has 5 aromatic carbocycles. The predicted molar refractivity (Wildman–Crippen MR) is 195 cm³/mol. The zero-order chi connectivity index (χ0) is 33.9. The summed E-state index contributed by atoms with van der Waals surface area (Å²) in [6.45, 7) is 2.43. The van der Waals surface area contributed by atoms with Gasteiger partial charge in [-0.15, -0.1) is 11.8 Å². The molecule has 10 heteroatoms. The Morgan fingerprint density at radius 3 is 2.12 bits per heavy atom. The van der Waals surface area contributed by atoms with Gasteiger partial charge in [-0.2, -0.15) is 0 Å². The minimum absolute atomic E-state index is 0.0620. The molecular formula is C38H31Cl2N3O4S. The number of anilines is 2. The molecule has 1 atom stereocenters. The predicted octanol–water partition coefficient (Wildman–Crippen LogP) is 9.27. The second-order valence-corrected chi connectivity index (χ2v) is 12.4. The van der Waals surface area contributed by atoms with Gasteiger partial charge >= 0.3 is 0 Å². The Kier molecular flexibility index (Phi) is 11.9. The molecule has 0 saturated carbocycles. The van der Waals surface area contributed by atoms with Crippen LogP contribution in [0.3, 0.4) is 0 Å². The highest BCUT2D eigenvalue weighted by molar-refractivity contribution is 8.00.